The summed E-state index contributed by atoms with van der Waals surface area (Å²) in [5, 5.41) is 0.942. The maximum atomic E-state index is 12.4. The molecule has 0 bridgehead atoms. The molecule has 140 valence electrons. The lowest BCUT2D eigenvalue weighted by Crippen LogP contribution is -2.30. The highest BCUT2D eigenvalue weighted by Crippen LogP contribution is 2.27. The molecule has 0 amide bonds. The first-order valence-corrected chi connectivity index (χ1v) is 9.86. The van der Waals surface area contributed by atoms with E-state index in [1.54, 1.807) is 6.07 Å². The van der Waals surface area contributed by atoms with Gasteiger partial charge in [0.25, 0.3) is 0 Å². The highest BCUT2D eigenvalue weighted by atomic mass is 16.5. The van der Waals surface area contributed by atoms with Crippen LogP contribution >= 0.6 is 0 Å². The van der Waals surface area contributed by atoms with Crippen LogP contribution in [0.25, 0.3) is 11.0 Å². The number of Topliss-reactive ketones (excluding diaryl/α,β-unsaturated/α-hetero) is 1. The lowest BCUT2D eigenvalue weighted by molar-refractivity contribution is -0.127. The average molecular weight is 356 g/mol. The van der Waals surface area contributed by atoms with E-state index in [-0.39, 0.29) is 17.5 Å². The van der Waals surface area contributed by atoms with Crippen LogP contribution in [0.4, 0.5) is 0 Å². The number of carbonyl (C=O) groups is 1. The van der Waals surface area contributed by atoms with Gasteiger partial charge < -0.3 is 9.15 Å². The van der Waals surface area contributed by atoms with E-state index in [4.69, 9.17) is 9.15 Å². The van der Waals surface area contributed by atoms with E-state index >= 15 is 0 Å². The van der Waals surface area contributed by atoms with Gasteiger partial charge in [0.1, 0.15) is 11.3 Å². The van der Waals surface area contributed by atoms with Crippen molar-refractivity contribution < 1.29 is 13.9 Å². The molecule has 0 saturated heterocycles. The minimum absolute atomic E-state index is 0.163. The SMILES string of the molecule is CCCCCCc1c(C)c2ccc(OC3CCCCC3=O)cc2oc1=O. The highest BCUT2D eigenvalue weighted by Gasteiger charge is 2.24. The van der Waals surface area contributed by atoms with Crippen LogP contribution in [-0.4, -0.2) is 11.9 Å². The van der Waals surface area contributed by atoms with Crippen molar-refractivity contribution in [1.82, 2.24) is 0 Å². The van der Waals surface area contributed by atoms with E-state index in [9.17, 15) is 9.59 Å². The summed E-state index contributed by atoms with van der Waals surface area (Å²) in [6.45, 7) is 4.16. The van der Waals surface area contributed by atoms with Crippen molar-refractivity contribution in [3.05, 3.63) is 39.7 Å². The molecular weight excluding hydrogens is 328 g/mol. The van der Waals surface area contributed by atoms with E-state index < -0.39 is 0 Å². The molecule has 1 aliphatic carbocycles. The van der Waals surface area contributed by atoms with E-state index in [1.165, 1.54) is 12.8 Å². The van der Waals surface area contributed by atoms with Crippen molar-refractivity contribution in [3.8, 4) is 5.75 Å². The Hall–Kier alpha value is -2.10. The van der Waals surface area contributed by atoms with E-state index in [0.717, 1.165) is 55.0 Å². The molecule has 0 spiro atoms. The third-order valence-electron chi connectivity index (χ3n) is 5.32. The van der Waals surface area contributed by atoms with Crippen LogP contribution in [0.2, 0.25) is 0 Å². The van der Waals surface area contributed by atoms with Crippen molar-refractivity contribution in [2.24, 2.45) is 0 Å². The van der Waals surface area contributed by atoms with Crippen molar-refractivity contribution in [1.29, 1.82) is 0 Å². The summed E-state index contributed by atoms with van der Waals surface area (Å²) in [6, 6.07) is 5.55. The fraction of sp³-hybridized carbons (Fsp3) is 0.545. The number of fused-ring (bicyclic) bond motifs is 1. The van der Waals surface area contributed by atoms with Gasteiger partial charge in [-0.1, -0.05) is 26.2 Å². The number of benzene rings is 1. The molecule has 1 atom stereocenters. The van der Waals surface area contributed by atoms with Crippen LogP contribution in [-0.2, 0) is 11.2 Å². The van der Waals surface area contributed by atoms with Gasteiger partial charge in [-0.2, -0.15) is 0 Å². The Balaban J connectivity index is 1.81. The van der Waals surface area contributed by atoms with Crippen molar-refractivity contribution in [2.45, 2.75) is 77.7 Å². The van der Waals surface area contributed by atoms with Crippen LogP contribution in [0, 0.1) is 6.92 Å². The topological polar surface area (TPSA) is 56.5 Å². The molecule has 1 unspecified atom stereocenters. The predicted molar refractivity (Wildman–Crippen MR) is 103 cm³/mol. The first-order valence-electron chi connectivity index (χ1n) is 9.86. The Kier molecular flexibility index (Phi) is 6.12. The Bertz CT molecular complexity index is 834. The number of rotatable bonds is 7. The molecule has 2 aromatic rings. The summed E-state index contributed by atoms with van der Waals surface area (Å²) in [4.78, 5) is 24.4. The van der Waals surface area contributed by atoms with Gasteiger partial charge in [0, 0.05) is 23.4 Å². The van der Waals surface area contributed by atoms with E-state index in [0.29, 0.717) is 17.8 Å². The van der Waals surface area contributed by atoms with Crippen LogP contribution in [0.1, 0.15) is 69.4 Å². The maximum absolute atomic E-state index is 12.4. The van der Waals surface area contributed by atoms with Gasteiger partial charge in [0.15, 0.2) is 11.9 Å². The highest BCUT2D eigenvalue weighted by molar-refractivity contribution is 5.85. The zero-order valence-electron chi connectivity index (χ0n) is 15.8. The molecule has 1 saturated carbocycles. The molecule has 1 aliphatic rings. The summed E-state index contributed by atoms with van der Waals surface area (Å²) in [5.41, 5.74) is 2.06. The van der Waals surface area contributed by atoms with Crippen molar-refractivity contribution in [2.75, 3.05) is 0 Å². The molecule has 0 N–H and O–H groups in total. The van der Waals surface area contributed by atoms with Gasteiger partial charge in [-0.15, -0.1) is 0 Å². The number of ketones is 1. The first kappa shape index (κ1) is 18.7. The molecule has 4 nitrogen and oxygen atoms in total. The second kappa shape index (κ2) is 8.52. The van der Waals surface area contributed by atoms with Gasteiger partial charge in [-0.3, -0.25) is 4.79 Å². The van der Waals surface area contributed by atoms with Gasteiger partial charge in [-0.05, 0) is 56.7 Å². The fourth-order valence-corrected chi connectivity index (χ4v) is 3.71. The summed E-state index contributed by atoms with van der Waals surface area (Å²) >= 11 is 0. The first-order chi connectivity index (χ1) is 12.6. The summed E-state index contributed by atoms with van der Waals surface area (Å²) < 4.78 is 11.4. The smallest absolute Gasteiger partial charge is 0.339 e. The third-order valence-corrected chi connectivity index (χ3v) is 5.32. The fourth-order valence-electron chi connectivity index (χ4n) is 3.71. The minimum atomic E-state index is -0.369. The summed E-state index contributed by atoms with van der Waals surface area (Å²) in [5.74, 6) is 0.757. The van der Waals surface area contributed by atoms with Crippen LogP contribution in [0.3, 0.4) is 0 Å². The molecule has 1 aromatic heterocycles. The normalized spacial score (nSPS) is 17.6. The number of hydrogen-bond acceptors (Lipinski definition) is 4. The maximum Gasteiger partial charge on any atom is 0.339 e. The lowest BCUT2D eigenvalue weighted by atomic mass is 9.96. The van der Waals surface area contributed by atoms with Gasteiger partial charge in [0.2, 0.25) is 0 Å². The Labute approximate surface area is 154 Å². The number of carbonyl (C=O) groups excluding carboxylic acids is 1. The number of hydrogen-bond donors (Lipinski definition) is 0. The minimum Gasteiger partial charge on any atom is -0.483 e. The van der Waals surface area contributed by atoms with Gasteiger partial charge in [-0.25, -0.2) is 4.79 Å². The van der Waals surface area contributed by atoms with Gasteiger partial charge in [0.05, 0.1) is 0 Å². The molecule has 3 rings (SSSR count). The third kappa shape index (κ3) is 4.17. The molecule has 26 heavy (non-hydrogen) atoms. The average Bonchev–Trinajstić information content (AvgIpc) is 2.63. The van der Waals surface area contributed by atoms with E-state index in [2.05, 4.69) is 6.92 Å². The largest absolute Gasteiger partial charge is 0.483 e. The van der Waals surface area contributed by atoms with E-state index in [1.807, 2.05) is 19.1 Å². The standard InChI is InChI=1S/C22H28O4/c1-3-4-5-6-9-18-15(2)17-13-12-16(14-21(17)26-22(18)24)25-20-11-8-7-10-19(20)23/h12-14,20H,3-11H2,1-2H3. The summed E-state index contributed by atoms with van der Waals surface area (Å²) in [6.07, 6.45) is 8.22. The monoisotopic (exact) mass is 356 g/mol. The van der Waals surface area contributed by atoms with Crippen molar-refractivity contribution in [3.63, 3.8) is 0 Å². The van der Waals surface area contributed by atoms with Crippen LogP contribution < -0.4 is 10.4 Å². The zero-order valence-corrected chi connectivity index (χ0v) is 15.8. The molecule has 1 aromatic carbocycles. The van der Waals surface area contributed by atoms with Crippen molar-refractivity contribution >= 4 is 16.8 Å². The number of ether oxygens (including phenoxy) is 1. The molecule has 4 heteroatoms. The molecule has 1 fully saturated rings. The van der Waals surface area contributed by atoms with Gasteiger partial charge >= 0.3 is 5.63 Å². The second-order valence-corrected chi connectivity index (χ2v) is 7.28. The van der Waals surface area contributed by atoms with Crippen LogP contribution in [0.5, 0.6) is 5.75 Å². The Morgan fingerprint density at radius 3 is 2.77 bits per heavy atom. The quantitative estimate of drug-likeness (QED) is 0.511. The lowest BCUT2D eigenvalue weighted by Gasteiger charge is -2.22. The molecular formula is C22H28O4. The molecule has 1 heterocycles. The van der Waals surface area contributed by atoms with Crippen LogP contribution in [0.15, 0.2) is 27.4 Å². The summed E-state index contributed by atoms with van der Waals surface area (Å²) in [7, 11) is 0. The zero-order chi connectivity index (χ0) is 18.5. The Morgan fingerprint density at radius 2 is 2.00 bits per heavy atom. The number of aryl methyl sites for hydroxylation is 1. The molecule has 0 aliphatic heterocycles. The molecule has 0 radical (unpaired) electrons. The Morgan fingerprint density at radius 1 is 1.15 bits per heavy atom. The predicted octanol–water partition coefficient (Wildman–Crippen LogP) is 5.11. The number of unbranched alkanes of at least 4 members (excludes halogenated alkanes) is 3. The second-order valence-electron chi connectivity index (χ2n) is 7.28.